The van der Waals surface area contributed by atoms with E-state index in [2.05, 4.69) is 43.2 Å². The summed E-state index contributed by atoms with van der Waals surface area (Å²) in [5.74, 6) is 2.00. The van der Waals surface area contributed by atoms with Gasteiger partial charge in [-0.1, -0.05) is 32.9 Å². The van der Waals surface area contributed by atoms with E-state index in [1.165, 1.54) is 0 Å². The summed E-state index contributed by atoms with van der Waals surface area (Å²) < 4.78 is 4.90. The van der Waals surface area contributed by atoms with Gasteiger partial charge in [0.2, 0.25) is 5.89 Å². The second-order valence-corrected chi connectivity index (χ2v) is 5.86. The van der Waals surface area contributed by atoms with Gasteiger partial charge in [-0.15, -0.1) is 0 Å². The Balaban J connectivity index is 2.46. The summed E-state index contributed by atoms with van der Waals surface area (Å²) >= 11 is 0. The Bertz CT molecular complexity index is 421. The molecule has 0 aliphatic heterocycles. The summed E-state index contributed by atoms with van der Waals surface area (Å²) in [7, 11) is 1.78. The van der Waals surface area contributed by atoms with Crippen LogP contribution < -0.4 is 5.32 Å². The molecule has 1 N–H and O–H groups in total. The van der Waals surface area contributed by atoms with Gasteiger partial charge in [0.05, 0.1) is 0 Å². The number of carbonyl (C=O) groups is 1. The zero-order valence-electron chi connectivity index (χ0n) is 13.3. The molecular formula is C14H26N4O2. The number of hydrogen-bond donors (Lipinski definition) is 1. The highest BCUT2D eigenvalue weighted by molar-refractivity contribution is 5.74. The first-order valence-electron chi connectivity index (χ1n) is 7.12. The fourth-order valence-corrected chi connectivity index (χ4v) is 2.17. The maximum absolute atomic E-state index is 12.1. The van der Waals surface area contributed by atoms with Crippen LogP contribution in [0.15, 0.2) is 4.52 Å². The molecule has 6 nitrogen and oxygen atoms in total. The zero-order valence-corrected chi connectivity index (χ0v) is 13.3. The van der Waals surface area contributed by atoms with Crippen LogP contribution in [0.2, 0.25) is 0 Å². The molecule has 20 heavy (non-hydrogen) atoms. The summed E-state index contributed by atoms with van der Waals surface area (Å²) in [6, 6.07) is 0.120. The van der Waals surface area contributed by atoms with Crippen LogP contribution in [0.4, 0.5) is 4.79 Å². The lowest BCUT2D eigenvalue weighted by Gasteiger charge is -2.28. The predicted molar refractivity (Wildman–Crippen MR) is 77.4 cm³/mol. The van der Waals surface area contributed by atoms with E-state index in [1.54, 1.807) is 18.9 Å². The third-order valence-corrected chi connectivity index (χ3v) is 3.31. The van der Waals surface area contributed by atoms with Gasteiger partial charge in [0, 0.05) is 33.0 Å². The average molecular weight is 282 g/mol. The van der Waals surface area contributed by atoms with Crippen LogP contribution in [0.25, 0.3) is 0 Å². The van der Waals surface area contributed by atoms with Gasteiger partial charge in [-0.2, -0.15) is 4.98 Å². The summed E-state index contributed by atoms with van der Waals surface area (Å²) in [6.07, 6.45) is 0.593. The van der Waals surface area contributed by atoms with Crippen molar-refractivity contribution in [2.45, 2.75) is 47.1 Å². The van der Waals surface area contributed by atoms with Crippen LogP contribution in [0, 0.1) is 18.8 Å². The Morgan fingerprint density at radius 3 is 2.35 bits per heavy atom. The Morgan fingerprint density at radius 2 is 1.90 bits per heavy atom. The lowest BCUT2D eigenvalue weighted by atomic mass is 9.93. The molecule has 1 heterocycles. The summed E-state index contributed by atoms with van der Waals surface area (Å²) in [6.45, 7) is 10.8. The fourth-order valence-electron chi connectivity index (χ4n) is 2.17. The van der Waals surface area contributed by atoms with Gasteiger partial charge in [0.15, 0.2) is 5.82 Å². The smallest absolute Gasteiger partial charge is 0.317 e. The molecule has 0 unspecified atom stereocenters. The quantitative estimate of drug-likeness (QED) is 0.868. The van der Waals surface area contributed by atoms with Gasteiger partial charge in [-0.05, 0) is 11.8 Å². The number of aryl methyl sites for hydroxylation is 1. The van der Waals surface area contributed by atoms with Gasteiger partial charge in [-0.3, -0.25) is 0 Å². The molecule has 0 aliphatic carbocycles. The molecule has 0 fully saturated rings. The SMILES string of the molecule is Cc1nc(CCN(C)C(=O)NC(C(C)C)C(C)C)no1. The highest BCUT2D eigenvalue weighted by Gasteiger charge is 2.21. The molecule has 1 aromatic heterocycles. The molecule has 0 aliphatic rings. The molecule has 0 spiro atoms. The van der Waals surface area contributed by atoms with Gasteiger partial charge in [0.1, 0.15) is 0 Å². The number of likely N-dealkylation sites (N-methyl/N-ethyl adjacent to an activating group) is 1. The molecule has 1 rings (SSSR count). The van der Waals surface area contributed by atoms with Crippen molar-refractivity contribution in [3.63, 3.8) is 0 Å². The van der Waals surface area contributed by atoms with Crippen molar-refractivity contribution in [3.05, 3.63) is 11.7 Å². The Morgan fingerprint density at radius 1 is 1.30 bits per heavy atom. The first kappa shape index (κ1) is 16.5. The number of nitrogens with zero attached hydrogens (tertiary/aromatic N) is 3. The van der Waals surface area contributed by atoms with Gasteiger partial charge in [-0.25, -0.2) is 4.79 Å². The minimum atomic E-state index is -0.0578. The molecule has 6 heteroatoms. The van der Waals surface area contributed by atoms with E-state index < -0.39 is 0 Å². The van der Waals surface area contributed by atoms with E-state index in [1.807, 2.05) is 0 Å². The minimum Gasteiger partial charge on any atom is -0.340 e. The molecule has 0 bridgehead atoms. The second-order valence-electron chi connectivity index (χ2n) is 5.86. The standard InChI is InChI=1S/C14H26N4O2/c1-9(2)13(10(3)4)16-14(19)18(6)8-7-12-15-11(5)20-17-12/h9-10,13H,7-8H2,1-6H3,(H,16,19). The zero-order chi connectivity index (χ0) is 15.3. The fraction of sp³-hybridized carbons (Fsp3) is 0.786. The number of amides is 2. The van der Waals surface area contributed by atoms with Crippen LogP contribution in [0.5, 0.6) is 0 Å². The minimum absolute atomic E-state index is 0.0578. The van der Waals surface area contributed by atoms with E-state index in [0.29, 0.717) is 36.5 Å². The van der Waals surface area contributed by atoms with Crippen molar-refractivity contribution < 1.29 is 9.32 Å². The normalized spacial score (nSPS) is 11.4. The van der Waals surface area contributed by atoms with Crippen molar-refractivity contribution in [1.29, 1.82) is 0 Å². The van der Waals surface area contributed by atoms with Crippen LogP contribution in [-0.2, 0) is 6.42 Å². The van der Waals surface area contributed by atoms with Crippen molar-refractivity contribution in [1.82, 2.24) is 20.4 Å². The van der Waals surface area contributed by atoms with E-state index in [-0.39, 0.29) is 12.1 Å². The number of aromatic nitrogens is 2. The van der Waals surface area contributed by atoms with Crippen molar-refractivity contribution in [3.8, 4) is 0 Å². The van der Waals surface area contributed by atoms with Gasteiger partial charge >= 0.3 is 6.03 Å². The topological polar surface area (TPSA) is 71.3 Å². The molecule has 114 valence electrons. The van der Waals surface area contributed by atoms with Crippen LogP contribution in [0.3, 0.4) is 0 Å². The monoisotopic (exact) mass is 282 g/mol. The highest BCUT2D eigenvalue weighted by atomic mass is 16.5. The molecule has 0 radical (unpaired) electrons. The van der Waals surface area contributed by atoms with Crippen LogP contribution >= 0.6 is 0 Å². The number of nitrogens with one attached hydrogen (secondary N) is 1. The summed E-state index contributed by atoms with van der Waals surface area (Å²) in [5.41, 5.74) is 0. The summed E-state index contributed by atoms with van der Waals surface area (Å²) in [5, 5.41) is 6.90. The molecule has 0 saturated heterocycles. The van der Waals surface area contributed by atoms with Crippen LogP contribution in [0.1, 0.15) is 39.4 Å². The van der Waals surface area contributed by atoms with Gasteiger partial charge in [0.25, 0.3) is 0 Å². The third-order valence-electron chi connectivity index (χ3n) is 3.31. The number of hydrogen-bond acceptors (Lipinski definition) is 4. The Kier molecular flexibility index (Phi) is 5.98. The Labute approximate surface area is 120 Å². The van der Waals surface area contributed by atoms with Crippen molar-refractivity contribution in [2.75, 3.05) is 13.6 Å². The third kappa shape index (κ3) is 4.83. The number of urea groups is 1. The van der Waals surface area contributed by atoms with E-state index >= 15 is 0 Å². The molecule has 0 saturated carbocycles. The molecule has 1 aromatic rings. The molecular weight excluding hydrogens is 256 g/mol. The van der Waals surface area contributed by atoms with Crippen molar-refractivity contribution >= 4 is 6.03 Å². The average Bonchev–Trinajstić information content (AvgIpc) is 2.77. The number of rotatable bonds is 6. The Hall–Kier alpha value is -1.59. The lowest BCUT2D eigenvalue weighted by Crippen LogP contribution is -2.48. The first-order valence-corrected chi connectivity index (χ1v) is 7.12. The van der Waals surface area contributed by atoms with Crippen molar-refractivity contribution in [2.24, 2.45) is 11.8 Å². The highest BCUT2D eigenvalue weighted by Crippen LogP contribution is 2.12. The predicted octanol–water partition coefficient (Wildman–Crippen LogP) is 2.24. The largest absolute Gasteiger partial charge is 0.340 e. The molecule has 0 aromatic carbocycles. The number of carbonyl (C=O) groups excluding carboxylic acids is 1. The van der Waals surface area contributed by atoms with Gasteiger partial charge < -0.3 is 14.7 Å². The second kappa shape index (κ2) is 7.26. The van der Waals surface area contributed by atoms with E-state index in [4.69, 9.17) is 4.52 Å². The lowest BCUT2D eigenvalue weighted by molar-refractivity contribution is 0.194. The first-order chi connectivity index (χ1) is 9.31. The van der Waals surface area contributed by atoms with E-state index in [0.717, 1.165) is 0 Å². The maximum atomic E-state index is 12.1. The molecule has 2 amide bonds. The maximum Gasteiger partial charge on any atom is 0.317 e. The molecule has 0 atom stereocenters. The van der Waals surface area contributed by atoms with Crippen LogP contribution in [-0.4, -0.2) is 40.7 Å². The van der Waals surface area contributed by atoms with E-state index in [9.17, 15) is 4.79 Å². The summed E-state index contributed by atoms with van der Waals surface area (Å²) in [4.78, 5) is 17.9.